The number of carbonyl (C=O) groups is 2. The highest BCUT2D eigenvalue weighted by atomic mass is 16.7. The molecule has 0 fully saturated rings. The van der Waals surface area contributed by atoms with Gasteiger partial charge in [-0.3, -0.25) is 9.59 Å². The summed E-state index contributed by atoms with van der Waals surface area (Å²) < 4.78 is 10.1. The van der Waals surface area contributed by atoms with Gasteiger partial charge >= 0.3 is 0 Å². The summed E-state index contributed by atoms with van der Waals surface area (Å²) in [4.78, 5) is 27.9. The van der Waals surface area contributed by atoms with Crippen molar-refractivity contribution in [1.82, 2.24) is 10.6 Å². The largest absolute Gasteiger partial charge is 0.354 e. The van der Waals surface area contributed by atoms with Crippen LogP contribution in [0.4, 0.5) is 5.69 Å². The zero-order valence-corrected chi connectivity index (χ0v) is 16.0. The summed E-state index contributed by atoms with van der Waals surface area (Å²) in [5.74, 6) is -0.930. The van der Waals surface area contributed by atoms with Gasteiger partial charge in [0.15, 0.2) is 6.29 Å². The van der Waals surface area contributed by atoms with Crippen LogP contribution >= 0.6 is 0 Å². The molecule has 0 unspecified atom stereocenters. The van der Waals surface area contributed by atoms with Crippen LogP contribution in [0.15, 0.2) is 65.4 Å². The summed E-state index contributed by atoms with van der Waals surface area (Å²) in [7, 11) is 2.92. The lowest BCUT2D eigenvalue weighted by Crippen LogP contribution is -2.39. The molecule has 0 aliphatic rings. The van der Waals surface area contributed by atoms with Gasteiger partial charge in [0, 0.05) is 30.4 Å². The Bertz CT molecular complexity index is 902. The fourth-order valence-corrected chi connectivity index (χ4v) is 2.33. The van der Waals surface area contributed by atoms with Crippen molar-refractivity contribution in [3.63, 3.8) is 0 Å². The lowest BCUT2D eigenvalue weighted by atomic mass is 10.1. The van der Waals surface area contributed by atoms with Crippen LogP contribution in [0.2, 0.25) is 0 Å². The Morgan fingerprint density at radius 2 is 1.76 bits per heavy atom. The van der Waals surface area contributed by atoms with E-state index in [1.165, 1.54) is 20.3 Å². The fourth-order valence-electron chi connectivity index (χ4n) is 2.33. The molecule has 0 spiro atoms. The van der Waals surface area contributed by atoms with Crippen molar-refractivity contribution in [2.75, 3.05) is 20.8 Å². The van der Waals surface area contributed by atoms with Crippen LogP contribution in [0, 0.1) is 0 Å². The van der Waals surface area contributed by atoms with Crippen LogP contribution in [-0.2, 0) is 14.3 Å². The molecule has 0 saturated carbocycles. The molecule has 2 aromatic carbocycles. The van der Waals surface area contributed by atoms with Gasteiger partial charge in [-0.15, -0.1) is 0 Å². The maximum absolute atomic E-state index is 12.6. The molecule has 9 heteroatoms. The third-order valence-corrected chi connectivity index (χ3v) is 3.85. The fraction of sp³-hybridized carbons (Fsp3) is 0.200. The van der Waals surface area contributed by atoms with Crippen molar-refractivity contribution in [3.05, 3.63) is 81.9 Å². The second-order valence-electron chi connectivity index (χ2n) is 5.77. The van der Waals surface area contributed by atoms with Gasteiger partial charge in [-0.25, -0.2) is 0 Å². The number of hydrogen-bond donors (Lipinski definition) is 2. The van der Waals surface area contributed by atoms with Crippen molar-refractivity contribution >= 4 is 23.6 Å². The minimum Gasteiger partial charge on any atom is -0.354 e. The highest BCUT2D eigenvalue weighted by molar-refractivity contribution is 6.05. The number of amides is 2. The minimum absolute atomic E-state index is 0.0429. The van der Waals surface area contributed by atoms with Gasteiger partial charge in [-0.05, 0) is 29.3 Å². The summed E-state index contributed by atoms with van der Waals surface area (Å²) in [6, 6.07) is 15.1. The summed E-state index contributed by atoms with van der Waals surface area (Å²) in [5, 5.41) is 8.78. The van der Waals surface area contributed by atoms with E-state index in [4.69, 9.17) is 15.0 Å². The van der Waals surface area contributed by atoms with Crippen LogP contribution in [0.1, 0.15) is 15.9 Å². The number of hydrogen-bond acceptors (Lipinski definition) is 5. The summed E-state index contributed by atoms with van der Waals surface area (Å²) >= 11 is 0. The van der Waals surface area contributed by atoms with Crippen LogP contribution in [0.3, 0.4) is 0 Å². The van der Waals surface area contributed by atoms with Crippen LogP contribution < -0.4 is 10.6 Å². The smallest absolute Gasteiger partial charge is 0.267 e. The van der Waals surface area contributed by atoms with Gasteiger partial charge in [0.1, 0.15) is 5.70 Å². The zero-order valence-electron chi connectivity index (χ0n) is 16.0. The van der Waals surface area contributed by atoms with Crippen molar-refractivity contribution in [3.8, 4) is 0 Å². The molecule has 2 rings (SSSR count). The highest BCUT2D eigenvalue weighted by Crippen LogP contribution is 2.15. The molecule has 0 radical (unpaired) electrons. The topological polar surface area (TPSA) is 125 Å². The summed E-state index contributed by atoms with van der Waals surface area (Å²) in [5.41, 5.74) is 10.0. The summed E-state index contributed by atoms with van der Waals surface area (Å²) in [6.45, 7) is 0.0974. The lowest BCUT2D eigenvalue weighted by Gasteiger charge is -2.16. The lowest BCUT2D eigenvalue weighted by molar-refractivity contribution is -0.124. The van der Waals surface area contributed by atoms with Crippen molar-refractivity contribution in [2.24, 2.45) is 5.11 Å². The average Bonchev–Trinajstić information content (AvgIpc) is 2.76. The van der Waals surface area contributed by atoms with E-state index in [-0.39, 0.29) is 12.2 Å². The van der Waals surface area contributed by atoms with Crippen molar-refractivity contribution in [2.45, 2.75) is 6.29 Å². The third kappa shape index (κ3) is 6.78. The molecule has 0 heterocycles. The molecule has 0 aliphatic heterocycles. The summed E-state index contributed by atoms with van der Waals surface area (Å²) in [6.07, 6.45) is 0.901. The van der Waals surface area contributed by atoms with Gasteiger partial charge in [0.25, 0.3) is 11.8 Å². The predicted octanol–water partition coefficient (Wildman–Crippen LogP) is 3.13. The maximum atomic E-state index is 12.6. The Balaban J connectivity index is 2.24. The monoisotopic (exact) mass is 395 g/mol. The molecule has 2 N–H and O–H groups in total. The van der Waals surface area contributed by atoms with E-state index in [1.807, 2.05) is 0 Å². The normalized spacial score (nSPS) is 10.9. The van der Waals surface area contributed by atoms with Crippen LogP contribution in [-0.4, -0.2) is 38.9 Å². The molecule has 0 aromatic heterocycles. The number of nitrogens with one attached hydrogen (secondary N) is 2. The van der Waals surface area contributed by atoms with E-state index in [0.717, 1.165) is 0 Å². The Morgan fingerprint density at radius 1 is 1.10 bits per heavy atom. The van der Waals surface area contributed by atoms with Gasteiger partial charge in [-0.1, -0.05) is 47.6 Å². The standard InChI is InChI=1S/C20H21N5O4/c1-28-18(29-2)13-22-20(27)17(23-19(26)15-6-4-3-5-7-15)12-14-8-10-16(11-9-14)24-25-21/h3-12,18H,13H2,1-2H3,(H,22,27)(H,23,26)/b17-12+. The molecule has 0 saturated heterocycles. The average molecular weight is 395 g/mol. The number of rotatable bonds is 9. The molecule has 0 bridgehead atoms. The van der Waals surface area contributed by atoms with E-state index in [9.17, 15) is 9.59 Å². The zero-order chi connectivity index (χ0) is 21.1. The minimum atomic E-state index is -0.617. The Hall–Kier alpha value is -3.65. The first kappa shape index (κ1) is 21.6. The molecule has 9 nitrogen and oxygen atoms in total. The molecule has 2 aromatic rings. The second-order valence-corrected chi connectivity index (χ2v) is 5.77. The Morgan fingerprint density at radius 3 is 2.34 bits per heavy atom. The molecular formula is C20H21N5O4. The first-order valence-electron chi connectivity index (χ1n) is 8.64. The number of azide groups is 1. The van der Waals surface area contributed by atoms with Gasteiger partial charge in [0.2, 0.25) is 0 Å². The van der Waals surface area contributed by atoms with E-state index < -0.39 is 18.1 Å². The first-order chi connectivity index (χ1) is 14.1. The quantitative estimate of drug-likeness (QED) is 0.222. The second kappa shape index (κ2) is 11.3. The number of ether oxygens (including phenoxy) is 2. The van der Waals surface area contributed by atoms with E-state index in [1.54, 1.807) is 54.6 Å². The molecular weight excluding hydrogens is 374 g/mol. The van der Waals surface area contributed by atoms with Crippen molar-refractivity contribution < 1.29 is 19.1 Å². The van der Waals surface area contributed by atoms with E-state index in [0.29, 0.717) is 16.8 Å². The number of carbonyl (C=O) groups excluding carboxylic acids is 2. The molecule has 150 valence electrons. The Labute approximate surface area is 168 Å². The molecule has 29 heavy (non-hydrogen) atoms. The van der Waals surface area contributed by atoms with Gasteiger partial charge in [-0.2, -0.15) is 0 Å². The SMILES string of the molecule is COC(CNC(=O)/C(=C\c1ccc(N=[N+]=[N-])cc1)NC(=O)c1ccccc1)OC. The Kier molecular flexibility index (Phi) is 8.40. The predicted molar refractivity (Wildman–Crippen MR) is 108 cm³/mol. The third-order valence-electron chi connectivity index (χ3n) is 3.85. The molecule has 0 atom stereocenters. The van der Waals surface area contributed by atoms with E-state index in [2.05, 4.69) is 20.7 Å². The molecule has 0 aliphatic carbocycles. The van der Waals surface area contributed by atoms with E-state index >= 15 is 0 Å². The molecule has 2 amide bonds. The highest BCUT2D eigenvalue weighted by Gasteiger charge is 2.16. The van der Waals surface area contributed by atoms with Gasteiger partial charge in [0.05, 0.1) is 6.54 Å². The first-order valence-corrected chi connectivity index (χ1v) is 8.64. The van der Waals surface area contributed by atoms with Crippen LogP contribution in [0.25, 0.3) is 16.5 Å². The van der Waals surface area contributed by atoms with Crippen molar-refractivity contribution in [1.29, 1.82) is 0 Å². The number of benzene rings is 2. The number of methoxy groups -OCH3 is 2. The van der Waals surface area contributed by atoms with Crippen LogP contribution in [0.5, 0.6) is 0 Å². The maximum Gasteiger partial charge on any atom is 0.267 e. The van der Waals surface area contributed by atoms with Gasteiger partial charge < -0.3 is 20.1 Å². The number of nitrogens with zero attached hydrogens (tertiary/aromatic N) is 3.